The van der Waals surface area contributed by atoms with E-state index in [0.29, 0.717) is 6.42 Å². The van der Waals surface area contributed by atoms with E-state index in [1.807, 2.05) is 0 Å². The van der Waals surface area contributed by atoms with Crippen molar-refractivity contribution in [2.45, 2.75) is 38.2 Å². The zero-order valence-corrected chi connectivity index (χ0v) is 17.4. The van der Waals surface area contributed by atoms with Crippen molar-refractivity contribution in [3.8, 4) is 0 Å². The predicted molar refractivity (Wildman–Crippen MR) is 106 cm³/mol. The van der Waals surface area contributed by atoms with Gasteiger partial charge in [-0.15, -0.1) is 11.3 Å². The van der Waals surface area contributed by atoms with Gasteiger partial charge in [0.15, 0.2) is 0 Å². The molecule has 4 nitrogen and oxygen atoms in total. The number of aromatic nitrogens is 2. The minimum absolute atomic E-state index is 0.0334. The first-order valence-electron chi connectivity index (χ1n) is 9.34. The maximum Gasteiger partial charge on any atom is 0.418 e. The summed E-state index contributed by atoms with van der Waals surface area (Å²) in [6, 6.07) is 4.12. The Hall–Kier alpha value is -2.95. The molecule has 0 saturated carbocycles. The quantitative estimate of drug-likeness (QED) is 0.466. The maximum atomic E-state index is 13.6. The molecule has 0 saturated heterocycles. The van der Waals surface area contributed by atoms with Gasteiger partial charge in [0, 0.05) is 17.5 Å². The molecule has 1 N–H and O–H groups in total. The Morgan fingerprint density at radius 2 is 1.72 bits per heavy atom. The van der Waals surface area contributed by atoms with Crippen molar-refractivity contribution >= 4 is 17.2 Å². The predicted octanol–water partition coefficient (Wildman–Crippen LogP) is 5.72. The number of benzene rings is 1. The van der Waals surface area contributed by atoms with E-state index in [2.05, 4.69) is 15.3 Å². The lowest BCUT2D eigenvalue weighted by molar-refractivity contribution is -0.139. The van der Waals surface area contributed by atoms with Crippen molar-refractivity contribution in [1.82, 2.24) is 15.3 Å². The van der Waals surface area contributed by atoms with Crippen LogP contribution < -0.4 is 5.32 Å². The molecular formula is C21H17F6N3OS. The van der Waals surface area contributed by atoms with Gasteiger partial charge in [0.1, 0.15) is 0 Å². The number of nitrogens with one attached hydrogen (secondary N) is 1. The van der Waals surface area contributed by atoms with Crippen LogP contribution in [0, 0.1) is 6.92 Å². The van der Waals surface area contributed by atoms with Crippen LogP contribution in [-0.4, -0.2) is 15.9 Å². The normalized spacial score (nSPS) is 13.1. The molecule has 2 aromatic heterocycles. The fraction of sp³-hybridized carbons (Fsp3) is 0.286. The first-order valence-corrected chi connectivity index (χ1v) is 10.2. The zero-order valence-electron chi connectivity index (χ0n) is 16.6. The maximum absolute atomic E-state index is 13.6. The molecule has 0 bridgehead atoms. The summed E-state index contributed by atoms with van der Waals surface area (Å²) in [5.74, 6) is -0.568. The summed E-state index contributed by atoms with van der Waals surface area (Å²) in [5.41, 5.74) is -0.109. The number of hydrogen-bond donors (Lipinski definition) is 1. The second kappa shape index (κ2) is 9.27. The molecule has 0 radical (unpaired) electrons. The van der Waals surface area contributed by atoms with Crippen molar-refractivity contribution in [2.24, 2.45) is 0 Å². The largest absolute Gasteiger partial charge is 0.418 e. The summed E-state index contributed by atoms with van der Waals surface area (Å²) < 4.78 is 79.4. The highest BCUT2D eigenvalue weighted by molar-refractivity contribution is 7.09. The molecule has 0 aliphatic rings. The molecule has 1 aromatic carbocycles. The average Bonchev–Trinajstić information content (AvgIpc) is 3.14. The second-order valence-corrected chi connectivity index (χ2v) is 7.85. The highest BCUT2D eigenvalue weighted by Gasteiger charge is 2.37. The number of rotatable bonds is 6. The lowest BCUT2D eigenvalue weighted by Gasteiger charge is -2.23. The van der Waals surface area contributed by atoms with Crippen molar-refractivity contribution in [3.63, 3.8) is 0 Å². The topological polar surface area (TPSA) is 54.9 Å². The molecule has 0 aliphatic carbocycles. The van der Waals surface area contributed by atoms with Crippen LogP contribution in [0.4, 0.5) is 26.3 Å². The van der Waals surface area contributed by atoms with Crippen LogP contribution in [0.1, 0.15) is 45.4 Å². The van der Waals surface area contributed by atoms with Gasteiger partial charge >= 0.3 is 12.4 Å². The summed E-state index contributed by atoms with van der Waals surface area (Å²) in [6.07, 6.45) is -7.94. The molecule has 0 fully saturated rings. The van der Waals surface area contributed by atoms with Crippen molar-refractivity contribution in [3.05, 3.63) is 81.1 Å². The van der Waals surface area contributed by atoms with E-state index in [-0.39, 0.29) is 12.0 Å². The van der Waals surface area contributed by atoms with Gasteiger partial charge in [0.25, 0.3) is 0 Å². The third-order valence-electron chi connectivity index (χ3n) is 4.72. The highest BCUT2D eigenvalue weighted by Crippen LogP contribution is 2.36. The number of thiazole rings is 1. The first kappa shape index (κ1) is 23.7. The molecule has 0 unspecified atom stereocenters. The number of nitrogens with zero attached hydrogens (tertiary/aromatic N) is 2. The van der Waals surface area contributed by atoms with Crippen LogP contribution >= 0.6 is 11.3 Å². The SMILES string of the molecule is Cc1ncsc1CCC(=O)N[C@@H](c1ccc(C(F)(F)F)cc1)c1ncccc1C(F)(F)F. The molecule has 1 amide bonds. The van der Waals surface area contributed by atoms with Crippen LogP contribution in [0.25, 0.3) is 0 Å². The fourth-order valence-corrected chi connectivity index (χ4v) is 3.87. The Bertz CT molecular complexity index is 1080. The van der Waals surface area contributed by atoms with Gasteiger partial charge in [0.2, 0.25) is 5.91 Å². The van der Waals surface area contributed by atoms with E-state index in [1.165, 1.54) is 11.3 Å². The minimum atomic E-state index is -4.77. The Kier molecular flexibility index (Phi) is 6.87. The third kappa shape index (κ3) is 5.64. The third-order valence-corrected chi connectivity index (χ3v) is 5.71. The molecule has 3 aromatic rings. The van der Waals surface area contributed by atoms with Crippen molar-refractivity contribution in [1.29, 1.82) is 0 Å². The number of hydrogen-bond acceptors (Lipinski definition) is 4. The van der Waals surface area contributed by atoms with Gasteiger partial charge in [-0.1, -0.05) is 12.1 Å². The van der Waals surface area contributed by atoms with Gasteiger partial charge < -0.3 is 5.32 Å². The lowest BCUT2D eigenvalue weighted by atomic mass is 9.97. The molecule has 0 spiro atoms. The first-order chi connectivity index (χ1) is 15.0. The van der Waals surface area contributed by atoms with E-state index in [0.717, 1.165) is 53.2 Å². The lowest BCUT2D eigenvalue weighted by Crippen LogP contribution is -2.32. The molecule has 32 heavy (non-hydrogen) atoms. The minimum Gasteiger partial charge on any atom is -0.344 e. The van der Waals surface area contributed by atoms with Crippen LogP contribution in [0.2, 0.25) is 0 Å². The smallest absolute Gasteiger partial charge is 0.344 e. The second-order valence-electron chi connectivity index (χ2n) is 6.92. The summed E-state index contributed by atoms with van der Waals surface area (Å²) in [7, 11) is 0. The standard InChI is InChI=1S/C21H17F6N3OS/c1-12-16(32-11-29-12)8-9-17(31)30-18(13-4-6-14(7-5-13)20(22,23)24)19-15(21(25,26)27)3-2-10-28-19/h2-7,10-11,18H,8-9H2,1H3,(H,30,31)/t18-/m0/s1. The molecular weight excluding hydrogens is 456 g/mol. The molecule has 2 heterocycles. The molecule has 170 valence electrons. The van der Waals surface area contributed by atoms with Gasteiger partial charge in [0.05, 0.1) is 34.1 Å². The van der Waals surface area contributed by atoms with Crippen LogP contribution in [0.5, 0.6) is 0 Å². The molecule has 1 atom stereocenters. The van der Waals surface area contributed by atoms with E-state index in [4.69, 9.17) is 0 Å². The number of alkyl halides is 6. The Balaban J connectivity index is 1.93. The van der Waals surface area contributed by atoms with Gasteiger partial charge in [-0.05, 0) is 43.2 Å². The Morgan fingerprint density at radius 3 is 2.28 bits per heavy atom. The fourth-order valence-electron chi connectivity index (χ4n) is 3.09. The van der Waals surface area contributed by atoms with Gasteiger partial charge in [-0.25, -0.2) is 4.98 Å². The van der Waals surface area contributed by atoms with Crippen LogP contribution in [0.3, 0.4) is 0 Å². The average molecular weight is 473 g/mol. The van der Waals surface area contributed by atoms with E-state index in [1.54, 1.807) is 12.4 Å². The summed E-state index contributed by atoms with van der Waals surface area (Å²) >= 11 is 1.35. The number of carbonyl (C=O) groups is 1. The summed E-state index contributed by atoms with van der Waals surface area (Å²) in [5, 5.41) is 2.50. The van der Waals surface area contributed by atoms with Gasteiger partial charge in [-0.3, -0.25) is 9.78 Å². The summed E-state index contributed by atoms with van der Waals surface area (Å²) in [4.78, 5) is 21.3. The van der Waals surface area contributed by atoms with Gasteiger partial charge in [-0.2, -0.15) is 26.3 Å². The monoisotopic (exact) mass is 473 g/mol. The van der Waals surface area contributed by atoms with Crippen molar-refractivity contribution < 1.29 is 31.1 Å². The van der Waals surface area contributed by atoms with E-state index >= 15 is 0 Å². The number of aryl methyl sites for hydroxylation is 2. The van der Waals surface area contributed by atoms with Crippen LogP contribution in [-0.2, 0) is 23.6 Å². The number of pyridine rings is 1. The van der Waals surface area contributed by atoms with E-state index < -0.39 is 41.1 Å². The summed E-state index contributed by atoms with van der Waals surface area (Å²) in [6.45, 7) is 1.78. The number of halogens is 6. The Morgan fingerprint density at radius 1 is 1.03 bits per heavy atom. The Labute approximate surface area is 183 Å². The number of amides is 1. The molecule has 3 rings (SSSR count). The molecule has 11 heteroatoms. The van der Waals surface area contributed by atoms with E-state index in [9.17, 15) is 31.1 Å². The van der Waals surface area contributed by atoms with Crippen molar-refractivity contribution in [2.75, 3.05) is 0 Å². The zero-order chi connectivity index (χ0) is 23.5. The molecule has 0 aliphatic heterocycles. The highest BCUT2D eigenvalue weighted by atomic mass is 32.1. The number of carbonyl (C=O) groups excluding carboxylic acids is 1. The van der Waals surface area contributed by atoms with Crippen LogP contribution in [0.15, 0.2) is 48.1 Å².